The van der Waals surface area contributed by atoms with E-state index in [0.717, 1.165) is 11.1 Å². The molecule has 0 radical (unpaired) electrons. The second kappa shape index (κ2) is 7.67. The topological polar surface area (TPSA) is 64.6 Å². The van der Waals surface area contributed by atoms with Crippen LogP contribution in [0.2, 0.25) is 0 Å². The van der Waals surface area contributed by atoms with Crippen LogP contribution < -0.4 is 10.1 Å². The van der Waals surface area contributed by atoms with E-state index in [2.05, 4.69) is 10.1 Å². The van der Waals surface area contributed by atoms with E-state index in [9.17, 15) is 9.59 Å². The van der Waals surface area contributed by atoms with Crippen molar-refractivity contribution >= 4 is 11.9 Å². The van der Waals surface area contributed by atoms with Crippen LogP contribution in [-0.4, -0.2) is 31.6 Å². The molecule has 0 aliphatic rings. The average molecular weight is 293 g/mol. The summed E-state index contributed by atoms with van der Waals surface area (Å²) in [4.78, 5) is 23.5. The van der Waals surface area contributed by atoms with E-state index in [1.807, 2.05) is 45.9 Å². The lowest BCUT2D eigenvalue weighted by Crippen LogP contribution is -2.46. The lowest BCUT2D eigenvalue weighted by Gasteiger charge is -2.20. The number of nitrogens with one attached hydrogen (secondary N) is 1. The van der Waals surface area contributed by atoms with Crippen molar-refractivity contribution < 1.29 is 19.1 Å². The van der Waals surface area contributed by atoms with Gasteiger partial charge in [-0.25, -0.2) is 4.79 Å². The predicted octanol–water partition coefficient (Wildman–Crippen LogP) is 2.00. The molecule has 0 aliphatic carbocycles. The van der Waals surface area contributed by atoms with Gasteiger partial charge in [-0.1, -0.05) is 32.0 Å². The zero-order valence-corrected chi connectivity index (χ0v) is 13.2. The molecular weight excluding hydrogens is 270 g/mol. The molecule has 1 atom stereocenters. The molecule has 5 heteroatoms. The summed E-state index contributed by atoms with van der Waals surface area (Å²) in [5.41, 5.74) is 1.94. The standard InChI is InChI=1S/C16H23NO4/c1-10(2)14(16(19)20-5)17-13(18)9-21-15-11(3)7-6-8-12(15)4/h6-8,10,14H,9H2,1-5H3,(H,17,18). The molecule has 0 spiro atoms. The Morgan fingerprint density at radius 2 is 1.76 bits per heavy atom. The minimum Gasteiger partial charge on any atom is -0.483 e. The maximum Gasteiger partial charge on any atom is 0.328 e. The number of ether oxygens (including phenoxy) is 2. The monoisotopic (exact) mass is 293 g/mol. The van der Waals surface area contributed by atoms with Crippen LogP contribution in [0.1, 0.15) is 25.0 Å². The summed E-state index contributed by atoms with van der Waals surface area (Å²) >= 11 is 0. The van der Waals surface area contributed by atoms with Crippen molar-refractivity contribution in [2.45, 2.75) is 33.7 Å². The molecule has 1 unspecified atom stereocenters. The molecule has 0 aromatic heterocycles. The van der Waals surface area contributed by atoms with Gasteiger partial charge < -0.3 is 14.8 Å². The lowest BCUT2D eigenvalue weighted by molar-refractivity contribution is -0.146. The van der Waals surface area contributed by atoms with Crippen molar-refractivity contribution in [1.29, 1.82) is 0 Å². The number of methoxy groups -OCH3 is 1. The lowest BCUT2D eigenvalue weighted by atomic mass is 10.0. The highest BCUT2D eigenvalue weighted by atomic mass is 16.5. The predicted molar refractivity (Wildman–Crippen MR) is 80.2 cm³/mol. The Bertz CT molecular complexity index is 491. The largest absolute Gasteiger partial charge is 0.483 e. The van der Waals surface area contributed by atoms with Gasteiger partial charge in [-0.2, -0.15) is 0 Å². The quantitative estimate of drug-likeness (QED) is 0.815. The van der Waals surface area contributed by atoms with E-state index in [1.165, 1.54) is 7.11 Å². The Morgan fingerprint density at radius 3 is 2.24 bits per heavy atom. The summed E-state index contributed by atoms with van der Waals surface area (Å²) in [7, 11) is 1.30. The molecule has 5 nitrogen and oxygen atoms in total. The van der Waals surface area contributed by atoms with Gasteiger partial charge >= 0.3 is 5.97 Å². The van der Waals surface area contributed by atoms with Crippen LogP contribution in [0.3, 0.4) is 0 Å². The van der Waals surface area contributed by atoms with Gasteiger partial charge in [0.1, 0.15) is 11.8 Å². The van der Waals surface area contributed by atoms with Gasteiger partial charge in [-0.3, -0.25) is 4.79 Å². The zero-order chi connectivity index (χ0) is 16.0. The first-order chi connectivity index (χ1) is 9.86. The summed E-state index contributed by atoms with van der Waals surface area (Å²) in [5.74, 6) is -0.152. The van der Waals surface area contributed by atoms with E-state index >= 15 is 0 Å². The van der Waals surface area contributed by atoms with E-state index in [0.29, 0.717) is 5.75 Å². The Hall–Kier alpha value is -2.04. The number of para-hydroxylation sites is 1. The van der Waals surface area contributed by atoms with Crippen molar-refractivity contribution in [1.82, 2.24) is 5.32 Å². The molecule has 0 heterocycles. The molecule has 0 saturated carbocycles. The zero-order valence-electron chi connectivity index (χ0n) is 13.2. The number of carbonyl (C=O) groups excluding carboxylic acids is 2. The third-order valence-electron chi connectivity index (χ3n) is 3.19. The van der Waals surface area contributed by atoms with Gasteiger partial charge in [0, 0.05) is 0 Å². The van der Waals surface area contributed by atoms with E-state index in [4.69, 9.17) is 4.74 Å². The highest BCUT2D eigenvalue weighted by Gasteiger charge is 2.25. The Morgan fingerprint density at radius 1 is 1.19 bits per heavy atom. The molecule has 1 aromatic rings. The average Bonchev–Trinajstić information content (AvgIpc) is 2.43. The van der Waals surface area contributed by atoms with Gasteiger partial charge in [-0.05, 0) is 30.9 Å². The van der Waals surface area contributed by atoms with E-state index in [-0.39, 0.29) is 18.4 Å². The smallest absolute Gasteiger partial charge is 0.328 e. The molecule has 0 bridgehead atoms. The number of rotatable bonds is 6. The highest BCUT2D eigenvalue weighted by Crippen LogP contribution is 2.22. The van der Waals surface area contributed by atoms with Crippen LogP contribution in [0.5, 0.6) is 5.75 Å². The number of amides is 1. The van der Waals surface area contributed by atoms with Crippen LogP contribution in [-0.2, 0) is 14.3 Å². The summed E-state index contributed by atoms with van der Waals surface area (Å²) in [6, 6.07) is 5.12. The third-order valence-corrected chi connectivity index (χ3v) is 3.19. The molecular formula is C16H23NO4. The maximum absolute atomic E-state index is 11.9. The molecule has 1 aromatic carbocycles. The highest BCUT2D eigenvalue weighted by molar-refractivity contribution is 5.85. The van der Waals surface area contributed by atoms with Crippen molar-refractivity contribution in [3.8, 4) is 5.75 Å². The number of hydrogen-bond acceptors (Lipinski definition) is 4. The Balaban J connectivity index is 2.63. The van der Waals surface area contributed by atoms with Crippen molar-refractivity contribution in [2.75, 3.05) is 13.7 Å². The fourth-order valence-corrected chi connectivity index (χ4v) is 2.00. The number of benzene rings is 1. The Labute approximate surface area is 125 Å². The second-order valence-electron chi connectivity index (χ2n) is 5.32. The van der Waals surface area contributed by atoms with Crippen molar-refractivity contribution in [3.63, 3.8) is 0 Å². The molecule has 21 heavy (non-hydrogen) atoms. The van der Waals surface area contributed by atoms with Gasteiger partial charge in [-0.15, -0.1) is 0 Å². The fraction of sp³-hybridized carbons (Fsp3) is 0.500. The molecule has 116 valence electrons. The number of hydrogen-bond donors (Lipinski definition) is 1. The van der Waals surface area contributed by atoms with Crippen LogP contribution in [0.15, 0.2) is 18.2 Å². The number of carbonyl (C=O) groups is 2. The summed E-state index contributed by atoms with van der Waals surface area (Å²) in [6.07, 6.45) is 0. The molecule has 1 amide bonds. The summed E-state index contributed by atoms with van der Waals surface area (Å²) < 4.78 is 10.2. The first kappa shape index (κ1) is 17.0. The first-order valence-corrected chi connectivity index (χ1v) is 6.93. The summed E-state index contributed by atoms with van der Waals surface area (Å²) in [5, 5.41) is 2.64. The van der Waals surface area contributed by atoms with Gasteiger partial charge in [0.2, 0.25) is 0 Å². The first-order valence-electron chi connectivity index (χ1n) is 6.93. The summed E-state index contributed by atoms with van der Waals surface area (Å²) in [6.45, 7) is 7.39. The van der Waals surface area contributed by atoms with Crippen LogP contribution in [0.4, 0.5) is 0 Å². The number of aryl methyl sites for hydroxylation is 2. The maximum atomic E-state index is 11.9. The fourth-order valence-electron chi connectivity index (χ4n) is 2.00. The third kappa shape index (κ3) is 4.77. The molecule has 0 saturated heterocycles. The molecule has 0 aliphatic heterocycles. The molecule has 1 rings (SSSR count). The minimum atomic E-state index is -0.663. The minimum absolute atomic E-state index is 0.0541. The van der Waals surface area contributed by atoms with Crippen LogP contribution in [0, 0.1) is 19.8 Å². The van der Waals surface area contributed by atoms with E-state index < -0.39 is 12.0 Å². The van der Waals surface area contributed by atoms with Gasteiger partial charge in [0.15, 0.2) is 6.61 Å². The van der Waals surface area contributed by atoms with Gasteiger partial charge in [0.25, 0.3) is 5.91 Å². The van der Waals surface area contributed by atoms with E-state index in [1.54, 1.807) is 0 Å². The SMILES string of the molecule is COC(=O)C(NC(=O)COc1c(C)cccc1C)C(C)C. The second-order valence-corrected chi connectivity index (χ2v) is 5.32. The normalized spacial score (nSPS) is 11.9. The van der Waals surface area contributed by atoms with Crippen LogP contribution >= 0.6 is 0 Å². The Kier molecular flexibility index (Phi) is 6.21. The van der Waals surface area contributed by atoms with Gasteiger partial charge in [0.05, 0.1) is 7.11 Å². The van der Waals surface area contributed by atoms with Crippen molar-refractivity contribution in [3.05, 3.63) is 29.3 Å². The number of esters is 1. The van der Waals surface area contributed by atoms with Crippen molar-refractivity contribution in [2.24, 2.45) is 5.92 Å². The molecule has 1 N–H and O–H groups in total. The molecule has 0 fully saturated rings. The van der Waals surface area contributed by atoms with Crippen LogP contribution in [0.25, 0.3) is 0 Å².